The van der Waals surface area contributed by atoms with Gasteiger partial charge in [-0.1, -0.05) is 11.6 Å². The number of carboxylic acids is 1. The number of carbonyl (C=O) groups is 2. The summed E-state index contributed by atoms with van der Waals surface area (Å²) >= 11 is 5.77. The van der Waals surface area contributed by atoms with Crippen LogP contribution in [0.4, 0.5) is 0 Å². The maximum absolute atomic E-state index is 11.8. The molecule has 0 heterocycles. The molecule has 1 unspecified atom stereocenters. The first-order chi connectivity index (χ1) is 7.95. The molecular formula is C11H12ClNO4. The zero-order valence-corrected chi connectivity index (χ0v) is 10.1. The summed E-state index contributed by atoms with van der Waals surface area (Å²) in [5.41, 5.74) is 0.202. The smallest absolute Gasteiger partial charge is 0.325 e. The fraction of sp³-hybridized carbons (Fsp3) is 0.273. The molecule has 1 aromatic rings. The van der Waals surface area contributed by atoms with Crippen LogP contribution in [0.3, 0.4) is 0 Å². The van der Waals surface area contributed by atoms with Gasteiger partial charge in [-0.05, 0) is 25.1 Å². The van der Waals surface area contributed by atoms with Crippen LogP contribution in [0.15, 0.2) is 18.2 Å². The number of hydrogen-bond acceptors (Lipinski definition) is 3. The van der Waals surface area contributed by atoms with Gasteiger partial charge in [0.2, 0.25) is 0 Å². The number of amides is 1. The van der Waals surface area contributed by atoms with Gasteiger partial charge >= 0.3 is 5.97 Å². The first-order valence-corrected chi connectivity index (χ1v) is 5.20. The average molecular weight is 258 g/mol. The molecule has 1 rings (SSSR count). The third kappa shape index (κ3) is 3.35. The third-order valence-electron chi connectivity index (χ3n) is 2.12. The van der Waals surface area contributed by atoms with Gasteiger partial charge in [0.05, 0.1) is 12.7 Å². The van der Waals surface area contributed by atoms with Gasteiger partial charge in [-0.3, -0.25) is 9.59 Å². The van der Waals surface area contributed by atoms with Gasteiger partial charge in [0.15, 0.2) is 0 Å². The second-order valence-corrected chi connectivity index (χ2v) is 3.81. The minimum absolute atomic E-state index is 0.202. The molecule has 0 aliphatic heterocycles. The molecule has 0 spiro atoms. The van der Waals surface area contributed by atoms with Crippen LogP contribution >= 0.6 is 11.6 Å². The van der Waals surface area contributed by atoms with Crippen LogP contribution in [-0.2, 0) is 4.79 Å². The monoisotopic (exact) mass is 257 g/mol. The van der Waals surface area contributed by atoms with E-state index in [9.17, 15) is 9.59 Å². The van der Waals surface area contributed by atoms with E-state index in [4.69, 9.17) is 21.4 Å². The van der Waals surface area contributed by atoms with Gasteiger partial charge in [0, 0.05) is 5.02 Å². The maximum Gasteiger partial charge on any atom is 0.325 e. The Bertz CT molecular complexity index is 447. The number of halogens is 1. The number of benzene rings is 1. The van der Waals surface area contributed by atoms with Gasteiger partial charge in [0.25, 0.3) is 5.91 Å². The van der Waals surface area contributed by atoms with Crippen molar-refractivity contribution in [2.24, 2.45) is 0 Å². The molecule has 92 valence electrons. The van der Waals surface area contributed by atoms with E-state index >= 15 is 0 Å². The Morgan fingerprint density at radius 3 is 2.65 bits per heavy atom. The fourth-order valence-corrected chi connectivity index (χ4v) is 1.37. The summed E-state index contributed by atoms with van der Waals surface area (Å²) in [4.78, 5) is 22.4. The summed E-state index contributed by atoms with van der Waals surface area (Å²) in [6.07, 6.45) is 0. The minimum Gasteiger partial charge on any atom is -0.496 e. The van der Waals surface area contributed by atoms with Crippen LogP contribution in [-0.4, -0.2) is 30.1 Å². The molecule has 0 aromatic heterocycles. The molecule has 2 N–H and O–H groups in total. The van der Waals surface area contributed by atoms with E-state index in [0.717, 1.165) is 0 Å². The summed E-state index contributed by atoms with van der Waals surface area (Å²) in [7, 11) is 1.42. The SMILES string of the molecule is COc1ccc(Cl)cc1C(=O)NC(C)C(=O)O. The van der Waals surface area contributed by atoms with E-state index < -0.39 is 17.9 Å². The Morgan fingerprint density at radius 2 is 2.12 bits per heavy atom. The molecule has 1 amide bonds. The first-order valence-electron chi connectivity index (χ1n) is 4.83. The van der Waals surface area contributed by atoms with Crippen LogP contribution in [0.5, 0.6) is 5.75 Å². The van der Waals surface area contributed by atoms with Gasteiger partial charge in [-0.25, -0.2) is 0 Å². The molecule has 0 bridgehead atoms. The Kier molecular flexibility index (Phi) is 4.34. The highest BCUT2D eigenvalue weighted by Gasteiger charge is 2.18. The fourth-order valence-electron chi connectivity index (χ4n) is 1.19. The molecule has 0 aliphatic carbocycles. The normalized spacial score (nSPS) is 11.7. The lowest BCUT2D eigenvalue weighted by Gasteiger charge is -2.12. The van der Waals surface area contributed by atoms with E-state index in [1.165, 1.54) is 20.1 Å². The van der Waals surface area contributed by atoms with Crippen LogP contribution in [0.1, 0.15) is 17.3 Å². The van der Waals surface area contributed by atoms with E-state index in [1.807, 2.05) is 0 Å². The Balaban J connectivity index is 2.95. The molecular weight excluding hydrogens is 246 g/mol. The quantitative estimate of drug-likeness (QED) is 0.858. The number of nitrogens with one attached hydrogen (secondary N) is 1. The Labute approximate surface area is 103 Å². The van der Waals surface area contributed by atoms with E-state index in [0.29, 0.717) is 10.8 Å². The van der Waals surface area contributed by atoms with E-state index in [2.05, 4.69) is 5.32 Å². The van der Waals surface area contributed by atoms with E-state index in [1.54, 1.807) is 12.1 Å². The molecule has 1 aromatic carbocycles. The van der Waals surface area contributed by atoms with Crippen LogP contribution in [0.2, 0.25) is 5.02 Å². The van der Waals surface area contributed by atoms with Gasteiger partial charge in [-0.2, -0.15) is 0 Å². The van der Waals surface area contributed by atoms with Crippen molar-refractivity contribution in [2.75, 3.05) is 7.11 Å². The van der Waals surface area contributed by atoms with Crippen LogP contribution in [0, 0.1) is 0 Å². The molecule has 5 nitrogen and oxygen atoms in total. The van der Waals surface area contributed by atoms with Gasteiger partial charge in [-0.15, -0.1) is 0 Å². The number of ether oxygens (including phenoxy) is 1. The second-order valence-electron chi connectivity index (χ2n) is 3.38. The number of rotatable bonds is 4. The molecule has 0 aliphatic rings. The topological polar surface area (TPSA) is 75.6 Å². The number of carbonyl (C=O) groups excluding carboxylic acids is 1. The van der Waals surface area contributed by atoms with Crippen molar-refractivity contribution < 1.29 is 19.4 Å². The Hall–Kier alpha value is -1.75. The average Bonchev–Trinajstić information content (AvgIpc) is 2.28. The number of methoxy groups -OCH3 is 1. The molecule has 0 saturated carbocycles. The number of carboxylic acid groups (broad SMARTS) is 1. The lowest BCUT2D eigenvalue weighted by Crippen LogP contribution is -2.38. The minimum atomic E-state index is -1.11. The van der Waals surface area contributed by atoms with Crippen molar-refractivity contribution in [3.8, 4) is 5.75 Å². The van der Waals surface area contributed by atoms with Crippen molar-refractivity contribution in [1.82, 2.24) is 5.32 Å². The summed E-state index contributed by atoms with van der Waals surface area (Å²) in [5.74, 6) is -1.32. The van der Waals surface area contributed by atoms with Crippen LogP contribution in [0.25, 0.3) is 0 Å². The standard InChI is InChI=1S/C11H12ClNO4/c1-6(11(15)16)13-10(14)8-5-7(12)3-4-9(8)17-2/h3-6H,1-2H3,(H,13,14)(H,15,16). The highest BCUT2D eigenvalue weighted by molar-refractivity contribution is 6.31. The van der Waals surface area contributed by atoms with Gasteiger partial charge < -0.3 is 15.2 Å². The van der Waals surface area contributed by atoms with Crippen molar-refractivity contribution in [1.29, 1.82) is 0 Å². The van der Waals surface area contributed by atoms with Crippen molar-refractivity contribution in [3.63, 3.8) is 0 Å². The molecule has 0 radical (unpaired) electrons. The Morgan fingerprint density at radius 1 is 1.47 bits per heavy atom. The summed E-state index contributed by atoms with van der Waals surface area (Å²) < 4.78 is 5.00. The van der Waals surface area contributed by atoms with Crippen molar-refractivity contribution in [2.45, 2.75) is 13.0 Å². The zero-order valence-electron chi connectivity index (χ0n) is 9.36. The summed E-state index contributed by atoms with van der Waals surface area (Å²) in [5, 5.41) is 11.4. The first kappa shape index (κ1) is 13.3. The lowest BCUT2D eigenvalue weighted by molar-refractivity contribution is -0.138. The predicted molar refractivity (Wildman–Crippen MR) is 62.6 cm³/mol. The number of hydrogen-bond donors (Lipinski definition) is 2. The van der Waals surface area contributed by atoms with Crippen molar-refractivity contribution >= 4 is 23.5 Å². The van der Waals surface area contributed by atoms with Gasteiger partial charge in [0.1, 0.15) is 11.8 Å². The molecule has 0 saturated heterocycles. The van der Waals surface area contributed by atoms with E-state index in [-0.39, 0.29) is 5.56 Å². The highest BCUT2D eigenvalue weighted by atomic mass is 35.5. The summed E-state index contributed by atoms with van der Waals surface area (Å²) in [6.45, 7) is 1.37. The largest absolute Gasteiger partial charge is 0.496 e. The molecule has 6 heteroatoms. The molecule has 1 atom stereocenters. The molecule has 17 heavy (non-hydrogen) atoms. The maximum atomic E-state index is 11.8. The highest BCUT2D eigenvalue weighted by Crippen LogP contribution is 2.22. The summed E-state index contributed by atoms with van der Waals surface area (Å²) in [6, 6.07) is 3.57. The van der Waals surface area contributed by atoms with Crippen LogP contribution < -0.4 is 10.1 Å². The number of aliphatic carboxylic acids is 1. The second kappa shape index (κ2) is 5.54. The lowest BCUT2D eigenvalue weighted by atomic mass is 10.1. The zero-order chi connectivity index (χ0) is 13.0. The van der Waals surface area contributed by atoms with Crippen molar-refractivity contribution in [3.05, 3.63) is 28.8 Å². The molecule has 0 fully saturated rings. The third-order valence-corrected chi connectivity index (χ3v) is 2.36. The predicted octanol–water partition coefficient (Wildman–Crippen LogP) is 1.55.